The van der Waals surface area contributed by atoms with Gasteiger partial charge in [0.25, 0.3) is 0 Å². The largest absolute Gasteiger partial charge is 0.395 e. The number of thiazole rings is 1. The smallest absolute Gasteiger partial charge is 0.0941 e. The van der Waals surface area contributed by atoms with E-state index < -0.39 is 5.41 Å². The third kappa shape index (κ3) is 3.04. The molecule has 2 aromatic rings. The number of rotatable bonds is 5. The molecule has 2 rings (SSSR count). The topological polar surface area (TPSA) is 53.4 Å². The van der Waals surface area contributed by atoms with Gasteiger partial charge in [-0.15, -0.1) is 11.3 Å². The van der Waals surface area contributed by atoms with E-state index in [9.17, 15) is 10.2 Å². The molecule has 20 heavy (non-hydrogen) atoms. The Balaban J connectivity index is 2.39. The summed E-state index contributed by atoms with van der Waals surface area (Å²) in [7, 11) is 0. The molecular weight excluding hydrogens is 294 g/mol. The zero-order chi connectivity index (χ0) is 14.8. The molecule has 0 bridgehead atoms. The molecule has 0 saturated carbocycles. The molecule has 1 heterocycles. The number of aliphatic hydroxyl groups is 2. The summed E-state index contributed by atoms with van der Waals surface area (Å²) in [4.78, 5) is 5.67. The normalized spacial score (nSPS) is 11.8. The Hall–Kier alpha value is -0.940. The maximum Gasteiger partial charge on any atom is 0.0941 e. The fraction of sp³-hybridized carbons (Fsp3) is 0.400. The second-order valence-corrected chi connectivity index (χ2v) is 6.76. The van der Waals surface area contributed by atoms with Gasteiger partial charge >= 0.3 is 0 Å². The molecule has 0 spiro atoms. The lowest BCUT2D eigenvalue weighted by Crippen LogP contribution is -2.37. The van der Waals surface area contributed by atoms with Gasteiger partial charge in [-0.3, -0.25) is 0 Å². The molecule has 0 unspecified atom stereocenters. The summed E-state index contributed by atoms with van der Waals surface area (Å²) in [5, 5.41) is 21.2. The van der Waals surface area contributed by atoms with Crippen LogP contribution in [0.5, 0.6) is 0 Å². The Morgan fingerprint density at radius 3 is 2.45 bits per heavy atom. The monoisotopic (exact) mass is 311 g/mol. The van der Waals surface area contributed by atoms with Gasteiger partial charge in [-0.05, 0) is 31.5 Å². The van der Waals surface area contributed by atoms with Crippen LogP contribution < -0.4 is 0 Å². The SMILES string of the molecule is Cc1nc(CC(CO)(CO)c2cccc(Cl)c2)sc1C. The van der Waals surface area contributed by atoms with E-state index in [0.29, 0.717) is 11.4 Å². The van der Waals surface area contributed by atoms with Crippen LogP contribution in [-0.4, -0.2) is 28.4 Å². The number of aromatic nitrogens is 1. The Bertz CT molecular complexity index is 574. The maximum absolute atomic E-state index is 9.83. The Kier molecular flexibility index (Phi) is 4.81. The summed E-state index contributed by atoms with van der Waals surface area (Å²) in [6.07, 6.45) is 0.500. The zero-order valence-electron chi connectivity index (χ0n) is 11.6. The first kappa shape index (κ1) is 15.4. The lowest BCUT2D eigenvalue weighted by Gasteiger charge is -2.29. The Morgan fingerprint density at radius 2 is 1.95 bits per heavy atom. The summed E-state index contributed by atoms with van der Waals surface area (Å²) < 4.78 is 0. The first-order valence-corrected chi connectivity index (χ1v) is 7.61. The van der Waals surface area contributed by atoms with Crippen molar-refractivity contribution in [2.75, 3.05) is 13.2 Å². The van der Waals surface area contributed by atoms with Gasteiger partial charge in [0, 0.05) is 21.7 Å². The van der Waals surface area contributed by atoms with Crippen molar-refractivity contribution in [3.8, 4) is 0 Å². The molecule has 108 valence electrons. The zero-order valence-corrected chi connectivity index (χ0v) is 13.1. The minimum Gasteiger partial charge on any atom is -0.395 e. The van der Waals surface area contributed by atoms with Crippen molar-refractivity contribution >= 4 is 22.9 Å². The molecule has 3 nitrogen and oxygen atoms in total. The van der Waals surface area contributed by atoms with E-state index in [2.05, 4.69) is 4.98 Å². The van der Waals surface area contributed by atoms with Crippen molar-refractivity contribution in [2.45, 2.75) is 25.7 Å². The summed E-state index contributed by atoms with van der Waals surface area (Å²) >= 11 is 7.63. The van der Waals surface area contributed by atoms with E-state index in [1.54, 1.807) is 23.5 Å². The van der Waals surface area contributed by atoms with Crippen LogP contribution in [0.1, 0.15) is 21.1 Å². The van der Waals surface area contributed by atoms with Crippen molar-refractivity contribution in [3.63, 3.8) is 0 Å². The van der Waals surface area contributed by atoms with E-state index in [1.165, 1.54) is 0 Å². The van der Waals surface area contributed by atoms with Crippen LogP contribution in [0.3, 0.4) is 0 Å². The van der Waals surface area contributed by atoms with Gasteiger partial charge in [-0.2, -0.15) is 0 Å². The molecule has 0 atom stereocenters. The van der Waals surface area contributed by atoms with Crippen LogP contribution in [0, 0.1) is 13.8 Å². The number of hydrogen-bond donors (Lipinski definition) is 2. The maximum atomic E-state index is 9.83. The standard InChI is InChI=1S/C15H18ClNO2S/c1-10-11(2)20-14(17-10)7-15(8-18,9-19)12-4-3-5-13(16)6-12/h3-6,18-19H,7-9H2,1-2H3. The fourth-order valence-electron chi connectivity index (χ4n) is 2.17. The number of aliphatic hydroxyl groups excluding tert-OH is 2. The van der Waals surface area contributed by atoms with Crippen molar-refractivity contribution in [1.82, 2.24) is 4.98 Å². The van der Waals surface area contributed by atoms with Gasteiger partial charge in [0.15, 0.2) is 0 Å². The Labute approximate surface area is 127 Å². The van der Waals surface area contributed by atoms with Gasteiger partial charge < -0.3 is 10.2 Å². The number of benzene rings is 1. The van der Waals surface area contributed by atoms with Gasteiger partial charge in [0.1, 0.15) is 0 Å². The molecule has 0 aliphatic carbocycles. The molecule has 5 heteroatoms. The summed E-state index contributed by atoms with van der Waals surface area (Å²) in [5.74, 6) is 0. The summed E-state index contributed by atoms with van der Waals surface area (Å²) in [5.41, 5.74) is 1.09. The highest BCUT2D eigenvalue weighted by molar-refractivity contribution is 7.11. The van der Waals surface area contributed by atoms with Gasteiger partial charge in [0.05, 0.1) is 23.9 Å². The van der Waals surface area contributed by atoms with Crippen molar-refractivity contribution in [3.05, 3.63) is 50.4 Å². The van der Waals surface area contributed by atoms with Gasteiger partial charge in [-0.1, -0.05) is 23.7 Å². The molecule has 1 aromatic carbocycles. The molecule has 0 saturated heterocycles. The van der Waals surface area contributed by atoms with E-state index in [-0.39, 0.29) is 13.2 Å². The number of halogens is 1. The third-order valence-electron chi connectivity index (χ3n) is 3.60. The predicted molar refractivity (Wildman–Crippen MR) is 82.6 cm³/mol. The van der Waals surface area contributed by atoms with Gasteiger partial charge in [-0.25, -0.2) is 4.98 Å². The van der Waals surface area contributed by atoms with Crippen LogP contribution in [-0.2, 0) is 11.8 Å². The first-order valence-electron chi connectivity index (χ1n) is 6.41. The minimum atomic E-state index is -0.748. The van der Waals surface area contributed by atoms with Crippen LogP contribution in [0.4, 0.5) is 0 Å². The second-order valence-electron chi connectivity index (χ2n) is 5.03. The number of aryl methyl sites for hydroxylation is 2. The van der Waals surface area contributed by atoms with Crippen LogP contribution >= 0.6 is 22.9 Å². The lowest BCUT2D eigenvalue weighted by atomic mass is 9.79. The lowest BCUT2D eigenvalue weighted by molar-refractivity contribution is 0.116. The highest BCUT2D eigenvalue weighted by atomic mass is 35.5. The third-order valence-corrected chi connectivity index (χ3v) is 4.91. The summed E-state index contributed by atoms with van der Waals surface area (Å²) in [6.45, 7) is 3.69. The molecular formula is C15H18ClNO2S. The molecule has 0 radical (unpaired) electrons. The molecule has 1 aromatic heterocycles. The van der Waals surface area contributed by atoms with Crippen LogP contribution in [0.2, 0.25) is 5.02 Å². The Morgan fingerprint density at radius 1 is 1.25 bits per heavy atom. The molecule has 0 aliphatic heterocycles. The number of nitrogens with zero attached hydrogens (tertiary/aromatic N) is 1. The fourth-order valence-corrected chi connectivity index (χ4v) is 3.44. The van der Waals surface area contributed by atoms with Crippen molar-refractivity contribution in [1.29, 1.82) is 0 Å². The highest BCUT2D eigenvalue weighted by Gasteiger charge is 2.33. The second kappa shape index (κ2) is 6.22. The molecule has 0 aliphatic rings. The number of hydrogen-bond acceptors (Lipinski definition) is 4. The molecule has 0 amide bonds. The quantitative estimate of drug-likeness (QED) is 0.892. The van der Waals surface area contributed by atoms with E-state index in [0.717, 1.165) is 21.1 Å². The average Bonchev–Trinajstić information content (AvgIpc) is 2.75. The van der Waals surface area contributed by atoms with Crippen LogP contribution in [0.25, 0.3) is 0 Å². The van der Waals surface area contributed by atoms with Crippen molar-refractivity contribution < 1.29 is 10.2 Å². The molecule has 2 N–H and O–H groups in total. The molecule has 0 fully saturated rings. The van der Waals surface area contributed by atoms with Crippen LogP contribution in [0.15, 0.2) is 24.3 Å². The minimum absolute atomic E-state index is 0.151. The predicted octanol–water partition coefficient (Wildman–Crippen LogP) is 2.88. The van der Waals surface area contributed by atoms with Crippen molar-refractivity contribution in [2.24, 2.45) is 0 Å². The first-order chi connectivity index (χ1) is 9.50. The average molecular weight is 312 g/mol. The van der Waals surface area contributed by atoms with Gasteiger partial charge in [0.2, 0.25) is 0 Å². The van der Waals surface area contributed by atoms with E-state index >= 15 is 0 Å². The summed E-state index contributed by atoms with van der Waals surface area (Å²) in [6, 6.07) is 7.28. The van der Waals surface area contributed by atoms with E-state index in [1.807, 2.05) is 26.0 Å². The van der Waals surface area contributed by atoms with E-state index in [4.69, 9.17) is 11.6 Å². The highest BCUT2D eigenvalue weighted by Crippen LogP contribution is 2.31.